The van der Waals surface area contributed by atoms with Gasteiger partial charge in [-0.1, -0.05) is 40.0 Å². The van der Waals surface area contributed by atoms with Gasteiger partial charge in [0.25, 0.3) is 0 Å². The number of allylic oxidation sites excluding steroid dienone is 3. The molecule has 0 aliphatic heterocycles. The maximum Gasteiger partial charge on any atom is 0.0600 e. The molecule has 0 unspecified atom stereocenters. The van der Waals surface area contributed by atoms with Gasteiger partial charge in [-0.05, 0) is 26.0 Å². The van der Waals surface area contributed by atoms with E-state index in [1.165, 1.54) is 0 Å². The van der Waals surface area contributed by atoms with E-state index in [0.29, 0.717) is 0 Å². The Bertz CT molecular complexity index is 320. The van der Waals surface area contributed by atoms with Crippen molar-refractivity contribution in [2.24, 2.45) is 16.1 Å². The molecule has 0 spiro atoms. The minimum Gasteiger partial charge on any atom is -0.321 e. The summed E-state index contributed by atoms with van der Waals surface area (Å²) in [6.07, 6.45) is 5.33. The van der Waals surface area contributed by atoms with Gasteiger partial charge in [-0.25, -0.2) is 0 Å². The van der Waals surface area contributed by atoms with Gasteiger partial charge in [0.1, 0.15) is 0 Å². The number of hydrogen-bond acceptors (Lipinski definition) is 2. The van der Waals surface area contributed by atoms with Crippen molar-refractivity contribution in [2.75, 3.05) is 0 Å². The van der Waals surface area contributed by atoms with Gasteiger partial charge in [0.15, 0.2) is 0 Å². The first-order valence-corrected chi connectivity index (χ1v) is 5.46. The van der Waals surface area contributed by atoms with Crippen LogP contribution in [-0.4, -0.2) is 11.3 Å². The van der Waals surface area contributed by atoms with E-state index in [1.807, 2.05) is 19.9 Å². The van der Waals surface area contributed by atoms with Crippen molar-refractivity contribution in [1.82, 2.24) is 0 Å². The molecule has 2 heteroatoms. The molecule has 0 bridgehead atoms. The van der Waals surface area contributed by atoms with Crippen LogP contribution >= 0.6 is 0 Å². The highest BCUT2D eigenvalue weighted by Crippen LogP contribution is 2.22. The summed E-state index contributed by atoms with van der Waals surface area (Å²) in [6, 6.07) is 0. The van der Waals surface area contributed by atoms with Crippen molar-refractivity contribution in [1.29, 1.82) is 0 Å². The highest BCUT2D eigenvalue weighted by atomic mass is 14.9. The Kier molecular flexibility index (Phi) is 4.88. The Morgan fingerprint density at radius 3 is 1.88 bits per heavy atom. The first-order chi connectivity index (χ1) is 7.12. The Morgan fingerprint density at radius 2 is 1.62 bits per heavy atom. The quantitative estimate of drug-likeness (QED) is 0.572. The van der Waals surface area contributed by atoms with Gasteiger partial charge in [-0.15, -0.1) is 0 Å². The smallest absolute Gasteiger partial charge is 0.0600 e. The molecule has 0 atom stereocenters. The van der Waals surface area contributed by atoms with E-state index < -0.39 is 5.54 Å². The summed E-state index contributed by atoms with van der Waals surface area (Å²) >= 11 is 0. The molecule has 0 saturated carbocycles. The molecule has 0 heterocycles. The molecule has 2 nitrogen and oxygen atoms in total. The fourth-order valence-electron chi connectivity index (χ4n) is 1.16. The van der Waals surface area contributed by atoms with Crippen LogP contribution in [0.15, 0.2) is 42.1 Å². The van der Waals surface area contributed by atoms with Crippen LogP contribution in [0.2, 0.25) is 0 Å². The number of nitrogens with two attached hydrogens (primary N) is 1. The predicted molar refractivity (Wildman–Crippen MR) is 73.6 cm³/mol. The summed E-state index contributed by atoms with van der Waals surface area (Å²) in [6.45, 7) is 17.6. The van der Waals surface area contributed by atoms with Crippen LogP contribution < -0.4 is 5.73 Å². The van der Waals surface area contributed by atoms with Crippen molar-refractivity contribution in [3.05, 3.63) is 37.1 Å². The van der Waals surface area contributed by atoms with E-state index >= 15 is 0 Å². The Balaban J connectivity index is 5.45. The third kappa shape index (κ3) is 4.58. The fraction of sp³-hybridized carbons (Fsp3) is 0.500. The second-order valence-electron chi connectivity index (χ2n) is 5.46. The maximum absolute atomic E-state index is 6.05. The van der Waals surface area contributed by atoms with Gasteiger partial charge in [0.2, 0.25) is 0 Å². The molecule has 0 aliphatic carbocycles. The molecule has 0 fully saturated rings. The maximum atomic E-state index is 6.05. The average molecular weight is 220 g/mol. The Labute approximate surface area is 99.6 Å². The average Bonchev–Trinajstić information content (AvgIpc) is 2.07. The molecule has 0 rings (SSSR count). The largest absolute Gasteiger partial charge is 0.321 e. The normalized spacial score (nSPS) is 14.9. The molecule has 0 amide bonds. The minimum absolute atomic E-state index is 0.0345. The lowest BCUT2D eigenvalue weighted by molar-refractivity contribution is 0.577. The number of rotatable bonds is 4. The van der Waals surface area contributed by atoms with Crippen LogP contribution in [0.3, 0.4) is 0 Å². The molecule has 0 aliphatic rings. The van der Waals surface area contributed by atoms with Gasteiger partial charge >= 0.3 is 0 Å². The van der Waals surface area contributed by atoms with Gasteiger partial charge in [-0.3, -0.25) is 4.99 Å². The lowest BCUT2D eigenvalue weighted by Gasteiger charge is -2.24. The third-order valence-corrected chi connectivity index (χ3v) is 2.14. The zero-order valence-electron chi connectivity index (χ0n) is 11.2. The molecule has 0 aromatic heterocycles. The minimum atomic E-state index is -0.478. The zero-order valence-corrected chi connectivity index (χ0v) is 11.2. The lowest BCUT2D eigenvalue weighted by atomic mass is 9.89. The third-order valence-electron chi connectivity index (χ3n) is 2.14. The summed E-state index contributed by atoms with van der Waals surface area (Å²) in [5, 5.41) is 0. The molecule has 2 N–H and O–H groups in total. The number of nitrogens with zero attached hydrogens (tertiary/aromatic N) is 1. The Hall–Kier alpha value is -1.15. The van der Waals surface area contributed by atoms with Crippen molar-refractivity contribution in [3.63, 3.8) is 0 Å². The molecule has 0 aromatic carbocycles. The summed E-state index contributed by atoms with van der Waals surface area (Å²) in [5.74, 6) is 0. The van der Waals surface area contributed by atoms with E-state index in [2.05, 4.69) is 38.9 Å². The van der Waals surface area contributed by atoms with Crippen molar-refractivity contribution >= 4 is 5.71 Å². The van der Waals surface area contributed by atoms with Crippen LogP contribution in [0.25, 0.3) is 0 Å². The lowest BCUT2D eigenvalue weighted by Crippen LogP contribution is -2.34. The molecule has 16 heavy (non-hydrogen) atoms. The highest BCUT2D eigenvalue weighted by Gasteiger charge is 2.21. The van der Waals surface area contributed by atoms with Gasteiger partial charge in [0.05, 0.1) is 11.2 Å². The first-order valence-electron chi connectivity index (χ1n) is 5.46. The SMILES string of the molecule is C=C/C=C(\N=C(/C=C)C(C)(C)C)C(C)(C)N. The number of hydrogen-bond donors (Lipinski definition) is 1. The molecule has 0 aromatic rings. The van der Waals surface area contributed by atoms with Crippen LogP contribution in [0.5, 0.6) is 0 Å². The summed E-state index contributed by atoms with van der Waals surface area (Å²) < 4.78 is 0. The van der Waals surface area contributed by atoms with Crippen molar-refractivity contribution in [3.8, 4) is 0 Å². The van der Waals surface area contributed by atoms with Gasteiger partial charge < -0.3 is 5.73 Å². The van der Waals surface area contributed by atoms with Crippen LogP contribution in [0, 0.1) is 5.41 Å². The Morgan fingerprint density at radius 1 is 1.12 bits per heavy atom. The monoisotopic (exact) mass is 220 g/mol. The molecule has 90 valence electrons. The zero-order chi connectivity index (χ0) is 13.0. The summed E-state index contributed by atoms with van der Waals surface area (Å²) in [7, 11) is 0. The van der Waals surface area contributed by atoms with E-state index in [4.69, 9.17) is 5.73 Å². The molecular weight excluding hydrogens is 196 g/mol. The predicted octanol–water partition coefficient (Wildman–Crippen LogP) is 3.47. The topological polar surface area (TPSA) is 38.4 Å². The van der Waals surface area contributed by atoms with Crippen LogP contribution in [0.4, 0.5) is 0 Å². The molecule has 0 saturated heterocycles. The van der Waals surface area contributed by atoms with Gasteiger partial charge in [0, 0.05) is 11.1 Å². The van der Waals surface area contributed by atoms with E-state index in [1.54, 1.807) is 12.2 Å². The van der Waals surface area contributed by atoms with Crippen LogP contribution in [0.1, 0.15) is 34.6 Å². The van der Waals surface area contributed by atoms with Crippen molar-refractivity contribution < 1.29 is 0 Å². The standard InChI is InChI=1S/C14H24N2/c1-8-10-12(14(6,7)15)16-11(9-2)13(3,4)5/h8-10H,1-2,15H2,3-7H3/b12-10-,16-11+. The van der Waals surface area contributed by atoms with Crippen LogP contribution in [-0.2, 0) is 0 Å². The van der Waals surface area contributed by atoms with Crippen molar-refractivity contribution in [2.45, 2.75) is 40.2 Å². The summed E-state index contributed by atoms with van der Waals surface area (Å²) in [5.41, 5.74) is 7.28. The van der Waals surface area contributed by atoms with E-state index in [9.17, 15) is 0 Å². The second-order valence-corrected chi connectivity index (χ2v) is 5.46. The summed E-state index contributed by atoms with van der Waals surface area (Å²) in [4.78, 5) is 4.59. The van der Waals surface area contributed by atoms with E-state index in [0.717, 1.165) is 11.4 Å². The van der Waals surface area contributed by atoms with E-state index in [-0.39, 0.29) is 5.41 Å². The number of aliphatic imine (C=N–C) groups is 1. The molecule has 0 radical (unpaired) electrons. The van der Waals surface area contributed by atoms with Gasteiger partial charge in [-0.2, -0.15) is 0 Å². The first kappa shape index (κ1) is 14.8. The fourth-order valence-corrected chi connectivity index (χ4v) is 1.16. The second kappa shape index (κ2) is 5.26. The molecular formula is C14H24N2. The highest BCUT2D eigenvalue weighted by molar-refractivity contribution is 5.99.